The van der Waals surface area contributed by atoms with Crippen LogP contribution in [0.3, 0.4) is 0 Å². The van der Waals surface area contributed by atoms with Crippen molar-refractivity contribution in [3.05, 3.63) is 82.8 Å². The topological polar surface area (TPSA) is 96.0 Å². The van der Waals surface area contributed by atoms with Crippen molar-refractivity contribution in [3.63, 3.8) is 0 Å². The monoisotopic (exact) mass is 675 g/mol. The molecule has 11 heteroatoms. The molecule has 3 rings (SSSR count). The fourth-order valence-electron chi connectivity index (χ4n) is 4.16. The first-order chi connectivity index (χ1) is 20.0. The van der Waals surface area contributed by atoms with Crippen LogP contribution in [0.25, 0.3) is 0 Å². The first kappa shape index (κ1) is 33.5. The third-order valence-electron chi connectivity index (χ3n) is 6.77. The van der Waals surface area contributed by atoms with E-state index in [9.17, 15) is 18.0 Å². The lowest BCUT2D eigenvalue weighted by Gasteiger charge is -2.32. The number of halogens is 1. The predicted octanol–water partition coefficient (Wildman–Crippen LogP) is 6.10. The van der Waals surface area contributed by atoms with Gasteiger partial charge >= 0.3 is 0 Å². The molecule has 0 aliphatic heterocycles. The zero-order chi connectivity index (χ0) is 30.9. The summed E-state index contributed by atoms with van der Waals surface area (Å²) in [6, 6.07) is 19.6. The van der Waals surface area contributed by atoms with Crippen LogP contribution in [0, 0.1) is 0 Å². The van der Waals surface area contributed by atoms with Gasteiger partial charge in [-0.05, 0) is 99.7 Å². The summed E-state index contributed by atoms with van der Waals surface area (Å²) in [5.41, 5.74) is 1.10. The van der Waals surface area contributed by atoms with Crippen LogP contribution in [-0.2, 0) is 26.2 Å². The maximum Gasteiger partial charge on any atom is 0.264 e. The van der Waals surface area contributed by atoms with Crippen molar-refractivity contribution < 1.29 is 22.7 Å². The number of hydrogen-bond donors (Lipinski definition) is 1. The van der Waals surface area contributed by atoms with E-state index >= 15 is 0 Å². The fraction of sp³-hybridized carbons (Fsp3) is 0.355. The van der Waals surface area contributed by atoms with E-state index in [1.54, 1.807) is 43.3 Å². The summed E-state index contributed by atoms with van der Waals surface area (Å²) in [7, 11) is -4.15. The van der Waals surface area contributed by atoms with E-state index < -0.39 is 28.5 Å². The van der Waals surface area contributed by atoms with Crippen molar-refractivity contribution in [3.8, 4) is 5.75 Å². The molecule has 1 N–H and O–H groups in total. The molecule has 0 spiro atoms. The van der Waals surface area contributed by atoms with Gasteiger partial charge in [0.1, 0.15) is 18.3 Å². The molecule has 0 radical (unpaired) electrons. The first-order valence-corrected chi connectivity index (χ1v) is 17.2. The average molecular weight is 677 g/mol. The van der Waals surface area contributed by atoms with Crippen LogP contribution in [0.1, 0.15) is 39.7 Å². The van der Waals surface area contributed by atoms with E-state index in [0.29, 0.717) is 18.0 Å². The van der Waals surface area contributed by atoms with Gasteiger partial charge in [0.05, 0.1) is 17.2 Å². The van der Waals surface area contributed by atoms with Crippen LogP contribution >= 0.6 is 27.7 Å². The van der Waals surface area contributed by atoms with E-state index in [4.69, 9.17) is 4.74 Å². The minimum Gasteiger partial charge on any atom is -0.494 e. The van der Waals surface area contributed by atoms with Gasteiger partial charge in [-0.2, -0.15) is 0 Å². The zero-order valence-corrected chi connectivity index (χ0v) is 27.8. The van der Waals surface area contributed by atoms with Gasteiger partial charge in [-0.3, -0.25) is 13.9 Å². The van der Waals surface area contributed by atoms with Crippen LogP contribution < -0.4 is 14.4 Å². The highest BCUT2D eigenvalue weighted by Gasteiger charge is 2.33. The number of nitrogens with zero attached hydrogens (tertiary/aromatic N) is 2. The molecule has 0 aliphatic carbocycles. The molecule has 0 saturated heterocycles. The number of carbonyl (C=O) groups is 2. The second kappa shape index (κ2) is 15.5. The second-order valence-electron chi connectivity index (χ2n) is 9.76. The Labute approximate surface area is 262 Å². The molecule has 226 valence electrons. The number of nitrogens with one attached hydrogen (secondary N) is 1. The Balaban J connectivity index is 2.03. The van der Waals surface area contributed by atoms with Gasteiger partial charge < -0.3 is 15.0 Å². The van der Waals surface area contributed by atoms with Crippen molar-refractivity contribution in [1.82, 2.24) is 10.2 Å². The Kier molecular flexibility index (Phi) is 12.3. The van der Waals surface area contributed by atoms with Gasteiger partial charge in [0.25, 0.3) is 10.0 Å². The Hall–Kier alpha value is -3.02. The number of hydrogen-bond acceptors (Lipinski definition) is 6. The summed E-state index contributed by atoms with van der Waals surface area (Å²) >= 11 is 4.97. The average Bonchev–Trinajstić information content (AvgIpc) is 2.98. The van der Waals surface area contributed by atoms with Crippen LogP contribution in [-0.4, -0.2) is 56.6 Å². The van der Waals surface area contributed by atoms with E-state index in [-0.39, 0.29) is 23.4 Å². The Morgan fingerprint density at radius 2 is 1.67 bits per heavy atom. The lowest BCUT2D eigenvalue weighted by atomic mass is 10.1. The van der Waals surface area contributed by atoms with E-state index in [1.807, 2.05) is 51.3 Å². The molecule has 0 fully saturated rings. The summed E-state index contributed by atoms with van der Waals surface area (Å²) in [6.45, 7) is 7.45. The van der Waals surface area contributed by atoms with Crippen LogP contribution in [0.2, 0.25) is 0 Å². The molecule has 0 saturated carbocycles. The lowest BCUT2D eigenvalue weighted by Crippen LogP contribution is -2.52. The Bertz CT molecular complexity index is 1450. The van der Waals surface area contributed by atoms with Gasteiger partial charge in [-0.25, -0.2) is 8.42 Å². The molecule has 8 nitrogen and oxygen atoms in total. The SMILES string of the molecule is CCOc1ccc(N(CC(=O)N(Cc2cccc(Br)c2)[C@H](C)C(=O)N[C@@H](C)CC)S(=O)(=O)c2ccc(SC)cc2)cc1. The minimum atomic E-state index is -4.15. The van der Waals surface area contributed by atoms with Crippen molar-refractivity contribution in [1.29, 1.82) is 0 Å². The van der Waals surface area contributed by atoms with Gasteiger partial charge in [0, 0.05) is 22.0 Å². The predicted molar refractivity (Wildman–Crippen MR) is 172 cm³/mol. The molecule has 0 heterocycles. The van der Waals surface area contributed by atoms with Crippen molar-refractivity contribution in [2.24, 2.45) is 0 Å². The molecule has 2 amide bonds. The number of rotatable bonds is 14. The molecule has 3 aromatic carbocycles. The summed E-state index contributed by atoms with van der Waals surface area (Å²) in [5.74, 6) is -0.239. The first-order valence-electron chi connectivity index (χ1n) is 13.7. The largest absolute Gasteiger partial charge is 0.494 e. The summed E-state index contributed by atoms with van der Waals surface area (Å²) < 4.78 is 35.5. The summed E-state index contributed by atoms with van der Waals surface area (Å²) in [5, 5.41) is 2.94. The molecule has 42 heavy (non-hydrogen) atoms. The number of thioether (sulfide) groups is 1. The number of amides is 2. The minimum absolute atomic E-state index is 0.0584. The number of anilines is 1. The maximum absolute atomic E-state index is 14.1. The number of carbonyl (C=O) groups excluding carboxylic acids is 2. The highest BCUT2D eigenvalue weighted by atomic mass is 79.9. The van der Waals surface area contributed by atoms with Crippen LogP contribution in [0.4, 0.5) is 5.69 Å². The quantitative estimate of drug-likeness (QED) is 0.208. The van der Waals surface area contributed by atoms with Crippen LogP contribution in [0.15, 0.2) is 87.1 Å². The molecule has 0 aromatic heterocycles. The van der Waals surface area contributed by atoms with E-state index in [1.165, 1.54) is 28.8 Å². The van der Waals surface area contributed by atoms with Crippen molar-refractivity contribution >= 4 is 55.2 Å². The Morgan fingerprint density at radius 1 is 1.00 bits per heavy atom. The lowest BCUT2D eigenvalue weighted by molar-refractivity contribution is -0.139. The van der Waals surface area contributed by atoms with Gasteiger partial charge in [-0.15, -0.1) is 11.8 Å². The van der Waals surface area contributed by atoms with Crippen molar-refractivity contribution in [2.45, 2.75) is 62.5 Å². The second-order valence-corrected chi connectivity index (χ2v) is 13.4. The maximum atomic E-state index is 14.1. The van der Waals surface area contributed by atoms with Crippen molar-refractivity contribution in [2.75, 3.05) is 23.7 Å². The van der Waals surface area contributed by atoms with Crippen LogP contribution in [0.5, 0.6) is 5.75 Å². The smallest absolute Gasteiger partial charge is 0.264 e. The summed E-state index contributed by atoms with van der Waals surface area (Å²) in [6.07, 6.45) is 2.64. The highest BCUT2D eigenvalue weighted by Crippen LogP contribution is 2.28. The molecular weight excluding hydrogens is 638 g/mol. The normalized spacial score (nSPS) is 12.7. The fourth-order valence-corrected chi connectivity index (χ4v) is 6.43. The number of benzene rings is 3. The molecular formula is C31H38BrN3O5S2. The molecule has 0 bridgehead atoms. The van der Waals surface area contributed by atoms with Gasteiger partial charge in [-0.1, -0.05) is 35.0 Å². The zero-order valence-electron chi connectivity index (χ0n) is 24.5. The number of ether oxygens (including phenoxy) is 1. The molecule has 0 aliphatic rings. The standard InChI is InChI=1S/C31H38BrN3O5S2/c1-6-22(3)33-31(37)23(4)34(20-24-9-8-10-25(32)19-24)30(36)21-35(26-11-13-27(14-12-26)40-7-2)42(38,39)29-17-15-28(41-5)16-18-29/h8-19,22-23H,6-7,20-21H2,1-5H3,(H,33,37)/t22-,23+/m0/s1. The van der Waals surface area contributed by atoms with E-state index in [0.717, 1.165) is 25.7 Å². The molecule has 2 atom stereocenters. The third kappa shape index (κ3) is 8.75. The molecule has 0 unspecified atom stereocenters. The summed E-state index contributed by atoms with van der Waals surface area (Å²) in [4.78, 5) is 29.7. The van der Waals surface area contributed by atoms with Gasteiger partial charge in [0.15, 0.2) is 0 Å². The highest BCUT2D eigenvalue weighted by molar-refractivity contribution is 9.10. The van der Waals surface area contributed by atoms with Gasteiger partial charge in [0.2, 0.25) is 11.8 Å². The molecule has 3 aromatic rings. The number of sulfonamides is 1. The third-order valence-corrected chi connectivity index (χ3v) is 9.80. The Morgan fingerprint density at radius 3 is 2.24 bits per heavy atom. The van der Waals surface area contributed by atoms with E-state index in [2.05, 4.69) is 21.2 Å².